The summed E-state index contributed by atoms with van der Waals surface area (Å²) < 4.78 is 35.7. The van der Waals surface area contributed by atoms with Crippen molar-refractivity contribution < 1.29 is 17.9 Å². The van der Waals surface area contributed by atoms with Gasteiger partial charge in [-0.15, -0.1) is 0 Å². The Hall–Kier alpha value is -1.05. The third-order valence-electron chi connectivity index (χ3n) is 3.10. The summed E-state index contributed by atoms with van der Waals surface area (Å²) in [6.07, 6.45) is 0. The van der Waals surface area contributed by atoms with Crippen molar-refractivity contribution in [2.75, 3.05) is 19.0 Å². The maximum Gasteiger partial charge on any atom is 0.206 e. The highest BCUT2D eigenvalue weighted by molar-refractivity contribution is 9.12. The molecule has 0 spiro atoms. The molecule has 0 amide bonds. The van der Waals surface area contributed by atoms with Crippen molar-refractivity contribution in [1.29, 1.82) is 0 Å². The van der Waals surface area contributed by atoms with Crippen LogP contribution in [-0.4, -0.2) is 32.3 Å². The minimum absolute atomic E-state index is 0.199. The van der Waals surface area contributed by atoms with Crippen LogP contribution >= 0.6 is 31.9 Å². The van der Waals surface area contributed by atoms with E-state index in [2.05, 4.69) is 31.9 Å². The van der Waals surface area contributed by atoms with Gasteiger partial charge in [0.25, 0.3) is 0 Å². The molecule has 124 valence electrons. The first-order valence-electron chi connectivity index (χ1n) is 6.79. The van der Waals surface area contributed by atoms with E-state index in [0.717, 1.165) is 5.33 Å². The molecule has 4 nitrogen and oxygen atoms in total. The number of hydrogen-bond acceptors (Lipinski definition) is 4. The van der Waals surface area contributed by atoms with Crippen molar-refractivity contribution in [3.05, 3.63) is 48.5 Å². The number of rotatable bonds is 7. The zero-order chi connectivity index (χ0) is 16.9. The third kappa shape index (κ3) is 4.71. The highest BCUT2D eigenvalue weighted by Crippen LogP contribution is 2.25. The molecule has 0 radical (unpaired) electrons. The first kappa shape index (κ1) is 18.3. The van der Waals surface area contributed by atoms with E-state index in [0.29, 0.717) is 18.1 Å². The third-order valence-corrected chi connectivity index (χ3v) is 7.13. The minimum atomic E-state index is -3.54. The monoisotopic (exact) mass is 462 g/mol. The van der Waals surface area contributed by atoms with E-state index < -0.39 is 9.84 Å². The fraction of sp³-hybridized carbons (Fsp3) is 0.250. The van der Waals surface area contributed by atoms with Gasteiger partial charge in [0.1, 0.15) is 18.1 Å². The van der Waals surface area contributed by atoms with Crippen molar-refractivity contribution in [3.8, 4) is 11.5 Å². The van der Waals surface area contributed by atoms with Crippen molar-refractivity contribution in [2.45, 2.75) is 14.6 Å². The van der Waals surface area contributed by atoms with Gasteiger partial charge in [-0.25, -0.2) is 8.42 Å². The first-order valence-corrected chi connectivity index (χ1v) is 10.3. The molecule has 0 heterocycles. The van der Waals surface area contributed by atoms with Crippen LogP contribution < -0.4 is 9.47 Å². The molecule has 7 heteroatoms. The van der Waals surface area contributed by atoms with Gasteiger partial charge in [0.15, 0.2) is 0 Å². The number of alkyl halides is 2. The SMILES string of the molecule is COc1ccc(S(=O)(=O)c2ccc(OC[C@@H](Br)CBr)cc2)cc1. The van der Waals surface area contributed by atoms with E-state index in [-0.39, 0.29) is 14.6 Å². The summed E-state index contributed by atoms with van der Waals surface area (Å²) in [7, 11) is -2.01. The summed E-state index contributed by atoms with van der Waals surface area (Å²) in [6.45, 7) is 0.496. The van der Waals surface area contributed by atoms with Gasteiger partial charge in [-0.3, -0.25) is 0 Å². The van der Waals surface area contributed by atoms with Gasteiger partial charge in [-0.2, -0.15) is 0 Å². The van der Waals surface area contributed by atoms with E-state index in [1.807, 2.05) is 0 Å². The molecule has 1 atom stereocenters. The molecule has 0 saturated carbocycles. The van der Waals surface area contributed by atoms with E-state index in [4.69, 9.17) is 9.47 Å². The zero-order valence-electron chi connectivity index (χ0n) is 12.4. The molecule has 0 fully saturated rings. The predicted octanol–water partition coefficient (Wildman–Crippen LogP) is 4.07. The largest absolute Gasteiger partial charge is 0.497 e. The lowest BCUT2D eigenvalue weighted by molar-refractivity contribution is 0.325. The van der Waals surface area contributed by atoms with E-state index in [1.54, 1.807) is 36.4 Å². The summed E-state index contributed by atoms with van der Waals surface area (Å²) in [6, 6.07) is 12.7. The van der Waals surface area contributed by atoms with Gasteiger partial charge in [0, 0.05) is 5.33 Å². The van der Waals surface area contributed by atoms with Gasteiger partial charge < -0.3 is 9.47 Å². The van der Waals surface area contributed by atoms with Crippen molar-refractivity contribution in [1.82, 2.24) is 0 Å². The standard InChI is InChI=1S/C16H16Br2O4S/c1-21-13-2-6-15(7-3-13)23(19,20)16-8-4-14(5-9-16)22-11-12(18)10-17/h2-9,12H,10-11H2,1H3/t12-/m0/s1. The second-order valence-corrected chi connectivity index (χ2v) is 8.61. The summed E-state index contributed by atoms with van der Waals surface area (Å²) in [5, 5.41) is 0.775. The van der Waals surface area contributed by atoms with Crippen molar-refractivity contribution in [2.24, 2.45) is 0 Å². The summed E-state index contributed by atoms with van der Waals surface area (Å²) in [4.78, 5) is 0.655. The molecule has 2 aromatic rings. The van der Waals surface area contributed by atoms with Crippen LogP contribution in [0.25, 0.3) is 0 Å². The normalized spacial score (nSPS) is 12.7. The summed E-state index contributed by atoms with van der Waals surface area (Å²) >= 11 is 6.79. The maximum atomic E-state index is 12.6. The molecule has 0 aromatic heterocycles. The Balaban J connectivity index is 2.16. The van der Waals surface area contributed by atoms with E-state index in [1.165, 1.54) is 19.2 Å². The molecule has 2 rings (SSSR count). The Labute approximate surface area is 153 Å². The van der Waals surface area contributed by atoms with E-state index >= 15 is 0 Å². The fourth-order valence-electron chi connectivity index (χ4n) is 1.84. The molecule has 0 aliphatic rings. The lowest BCUT2D eigenvalue weighted by Crippen LogP contribution is -2.12. The molecular formula is C16H16Br2O4S. The minimum Gasteiger partial charge on any atom is -0.497 e. The molecular weight excluding hydrogens is 448 g/mol. The van der Waals surface area contributed by atoms with Crippen molar-refractivity contribution >= 4 is 41.7 Å². The number of methoxy groups -OCH3 is 1. The predicted molar refractivity (Wildman–Crippen MR) is 96.9 cm³/mol. The maximum absolute atomic E-state index is 12.6. The Morgan fingerprint density at radius 3 is 1.87 bits per heavy atom. The lowest BCUT2D eigenvalue weighted by atomic mass is 10.3. The molecule has 0 unspecified atom stereocenters. The van der Waals surface area contributed by atoms with Crippen LogP contribution in [0.1, 0.15) is 0 Å². The zero-order valence-corrected chi connectivity index (χ0v) is 16.4. The Bertz CT molecular complexity index is 728. The molecule has 0 N–H and O–H groups in total. The highest BCUT2D eigenvalue weighted by atomic mass is 79.9. The van der Waals surface area contributed by atoms with Crippen LogP contribution in [0.3, 0.4) is 0 Å². The molecule has 0 aliphatic heterocycles. The molecule has 0 saturated heterocycles. The number of sulfone groups is 1. The Kier molecular flexibility index (Phi) is 6.50. The number of halogens is 2. The van der Waals surface area contributed by atoms with Crippen molar-refractivity contribution in [3.63, 3.8) is 0 Å². The average molecular weight is 464 g/mol. The number of benzene rings is 2. The van der Waals surface area contributed by atoms with Gasteiger partial charge >= 0.3 is 0 Å². The second-order valence-electron chi connectivity index (χ2n) is 4.71. The lowest BCUT2D eigenvalue weighted by Gasteiger charge is -2.10. The summed E-state index contributed by atoms with van der Waals surface area (Å²) in [5.41, 5.74) is 0. The smallest absolute Gasteiger partial charge is 0.206 e. The van der Waals surface area contributed by atoms with Gasteiger partial charge in [0.2, 0.25) is 9.84 Å². The van der Waals surface area contributed by atoms with Gasteiger partial charge in [-0.1, -0.05) is 31.9 Å². The van der Waals surface area contributed by atoms with Crippen LogP contribution in [-0.2, 0) is 9.84 Å². The quantitative estimate of drug-likeness (QED) is 0.581. The van der Waals surface area contributed by atoms with Crippen LogP contribution in [0.15, 0.2) is 58.3 Å². The number of ether oxygens (including phenoxy) is 2. The topological polar surface area (TPSA) is 52.6 Å². The van der Waals surface area contributed by atoms with Gasteiger partial charge in [0.05, 0.1) is 21.7 Å². The molecule has 0 aliphatic carbocycles. The average Bonchev–Trinajstić information content (AvgIpc) is 2.60. The Morgan fingerprint density at radius 2 is 1.43 bits per heavy atom. The molecule has 2 aromatic carbocycles. The fourth-order valence-corrected chi connectivity index (χ4v) is 3.42. The van der Waals surface area contributed by atoms with Gasteiger partial charge in [-0.05, 0) is 48.5 Å². The van der Waals surface area contributed by atoms with Crippen LogP contribution in [0.4, 0.5) is 0 Å². The second kappa shape index (κ2) is 8.17. The Morgan fingerprint density at radius 1 is 0.957 bits per heavy atom. The first-order chi connectivity index (χ1) is 11.0. The van der Waals surface area contributed by atoms with E-state index in [9.17, 15) is 8.42 Å². The highest BCUT2D eigenvalue weighted by Gasteiger charge is 2.17. The van der Waals surface area contributed by atoms with Crippen LogP contribution in [0, 0.1) is 0 Å². The van der Waals surface area contributed by atoms with Crippen LogP contribution in [0.2, 0.25) is 0 Å². The molecule has 0 bridgehead atoms. The molecule has 23 heavy (non-hydrogen) atoms. The summed E-state index contributed by atoms with van der Waals surface area (Å²) in [5.74, 6) is 1.24. The number of hydrogen-bond donors (Lipinski definition) is 0. The van der Waals surface area contributed by atoms with Crippen LogP contribution in [0.5, 0.6) is 11.5 Å².